The molecule has 1 aromatic carbocycles. The number of thioether (sulfide) groups is 1. The third-order valence-corrected chi connectivity index (χ3v) is 7.08. The number of aryl methyl sites for hydroxylation is 1. The smallest absolute Gasteiger partial charge is 0.316 e. The molecular weight excluding hydrogens is 398 g/mol. The first-order chi connectivity index (χ1) is 13.0. The Balaban J connectivity index is 2.34. The second kappa shape index (κ2) is 8.84. The predicted molar refractivity (Wildman–Crippen MR) is 112 cm³/mol. The van der Waals surface area contributed by atoms with Gasteiger partial charge in [-0.15, -0.1) is 0 Å². The minimum atomic E-state index is -3.55. The van der Waals surface area contributed by atoms with Crippen molar-refractivity contribution in [3.05, 3.63) is 18.2 Å². The van der Waals surface area contributed by atoms with E-state index >= 15 is 0 Å². The molecule has 0 aliphatic carbocycles. The number of hydrogen-bond donors (Lipinski definition) is 0. The molecule has 0 fully saturated rings. The Hall–Kier alpha value is -1.58. The number of esters is 1. The van der Waals surface area contributed by atoms with Crippen LogP contribution in [0.5, 0.6) is 0 Å². The highest BCUT2D eigenvalue weighted by Gasteiger charge is 2.23. The van der Waals surface area contributed by atoms with Crippen LogP contribution in [-0.4, -0.2) is 52.7 Å². The maximum atomic E-state index is 12.8. The number of nitrogens with zero attached hydrogens (tertiary/aromatic N) is 3. The Bertz CT molecular complexity index is 942. The van der Waals surface area contributed by atoms with Gasteiger partial charge in [-0.1, -0.05) is 25.6 Å². The van der Waals surface area contributed by atoms with Crippen molar-refractivity contribution >= 4 is 38.8 Å². The minimum absolute atomic E-state index is 0.144. The molecular formula is C19H29N3O4S2. The van der Waals surface area contributed by atoms with Crippen LogP contribution in [0, 0.1) is 0 Å². The third-order valence-electron chi connectivity index (χ3n) is 4.08. The van der Waals surface area contributed by atoms with Crippen molar-refractivity contribution in [2.75, 3.05) is 18.8 Å². The number of ether oxygens (including phenoxy) is 1. The molecule has 0 saturated heterocycles. The molecule has 2 rings (SSSR count). The summed E-state index contributed by atoms with van der Waals surface area (Å²) in [6.45, 7) is 12.6. The van der Waals surface area contributed by atoms with Crippen LogP contribution in [0.2, 0.25) is 0 Å². The van der Waals surface area contributed by atoms with Gasteiger partial charge < -0.3 is 9.30 Å². The second-order valence-corrected chi connectivity index (χ2v) is 10.1. The molecule has 0 aliphatic heterocycles. The number of benzene rings is 1. The molecule has 0 amide bonds. The molecule has 0 unspecified atom stereocenters. The molecule has 0 saturated carbocycles. The van der Waals surface area contributed by atoms with Crippen LogP contribution in [-0.2, 0) is 26.1 Å². The van der Waals surface area contributed by atoms with Crippen LogP contribution in [0.25, 0.3) is 11.0 Å². The molecule has 0 atom stereocenters. The van der Waals surface area contributed by atoms with E-state index in [4.69, 9.17) is 4.74 Å². The lowest BCUT2D eigenvalue weighted by atomic mass is 10.2. The van der Waals surface area contributed by atoms with Crippen molar-refractivity contribution in [3.8, 4) is 0 Å². The van der Waals surface area contributed by atoms with Crippen LogP contribution in [0.1, 0.15) is 41.5 Å². The van der Waals surface area contributed by atoms with Crippen LogP contribution in [0.4, 0.5) is 0 Å². The number of carbonyl (C=O) groups is 1. The third kappa shape index (κ3) is 5.07. The quantitative estimate of drug-likeness (QED) is 0.474. The average Bonchev–Trinajstić information content (AvgIpc) is 2.96. The number of rotatable bonds is 8. The lowest BCUT2D eigenvalue weighted by Crippen LogP contribution is -2.30. The van der Waals surface area contributed by atoms with Gasteiger partial charge in [-0.2, -0.15) is 4.31 Å². The Morgan fingerprint density at radius 2 is 1.86 bits per heavy atom. The summed E-state index contributed by atoms with van der Waals surface area (Å²) in [7, 11) is -3.55. The van der Waals surface area contributed by atoms with Crippen molar-refractivity contribution < 1.29 is 17.9 Å². The first-order valence-corrected chi connectivity index (χ1v) is 11.8. The van der Waals surface area contributed by atoms with Crippen molar-refractivity contribution in [1.29, 1.82) is 0 Å². The molecule has 1 heterocycles. The Kier molecular flexibility index (Phi) is 7.17. The maximum absolute atomic E-state index is 12.8. The summed E-state index contributed by atoms with van der Waals surface area (Å²) in [5, 5.41) is 0.667. The van der Waals surface area contributed by atoms with E-state index in [0.717, 1.165) is 5.52 Å². The minimum Gasteiger partial charge on any atom is -0.459 e. The van der Waals surface area contributed by atoms with E-state index in [0.29, 0.717) is 30.3 Å². The molecule has 2 aromatic rings. The van der Waals surface area contributed by atoms with E-state index in [2.05, 4.69) is 4.98 Å². The summed E-state index contributed by atoms with van der Waals surface area (Å²) < 4.78 is 34.3. The molecule has 9 heteroatoms. The average molecular weight is 428 g/mol. The molecule has 7 nitrogen and oxygen atoms in total. The van der Waals surface area contributed by atoms with Gasteiger partial charge in [0.1, 0.15) is 5.60 Å². The SMILES string of the molecule is CCN(CC)S(=O)(=O)c1ccc2c(c1)nc(SCC(=O)OC(C)(C)C)n2CC. The highest BCUT2D eigenvalue weighted by atomic mass is 32.2. The number of sulfonamides is 1. The molecule has 28 heavy (non-hydrogen) atoms. The predicted octanol–water partition coefficient (Wildman–Crippen LogP) is 3.52. The molecule has 0 spiro atoms. The van der Waals surface area contributed by atoms with E-state index in [1.165, 1.54) is 16.1 Å². The van der Waals surface area contributed by atoms with Gasteiger partial charge in [-0.25, -0.2) is 13.4 Å². The summed E-state index contributed by atoms with van der Waals surface area (Å²) >= 11 is 1.29. The highest BCUT2D eigenvalue weighted by molar-refractivity contribution is 7.99. The van der Waals surface area contributed by atoms with Gasteiger partial charge in [0.15, 0.2) is 5.16 Å². The number of carbonyl (C=O) groups excluding carboxylic acids is 1. The van der Waals surface area contributed by atoms with Gasteiger partial charge in [-0.05, 0) is 45.9 Å². The molecule has 156 valence electrons. The Morgan fingerprint density at radius 3 is 2.39 bits per heavy atom. The fraction of sp³-hybridized carbons (Fsp3) is 0.579. The monoisotopic (exact) mass is 427 g/mol. The fourth-order valence-corrected chi connectivity index (χ4v) is 5.20. The second-order valence-electron chi connectivity index (χ2n) is 7.25. The first-order valence-electron chi connectivity index (χ1n) is 9.38. The highest BCUT2D eigenvalue weighted by Crippen LogP contribution is 2.27. The normalized spacial score (nSPS) is 12.7. The number of aromatic nitrogens is 2. The van der Waals surface area contributed by atoms with Crippen LogP contribution < -0.4 is 0 Å². The van der Waals surface area contributed by atoms with Crippen LogP contribution in [0.15, 0.2) is 28.3 Å². The van der Waals surface area contributed by atoms with Gasteiger partial charge in [0.05, 0.1) is 21.7 Å². The molecule has 0 radical (unpaired) electrons. The number of hydrogen-bond acceptors (Lipinski definition) is 6. The van der Waals surface area contributed by atoms with Gasteiger partial charge >= 0.3 is 5.97 Å². The maximum Gasteiger partial charge on any atom is 0.316 e. The summed E-state index contributed by atoms with van der Waals surface area (Å²) in [5.41, 5.74) is 0.908. The number of fused-ring (bicyclic) bond motifs is 1. The van der Waals surface area contributed by atoms with E-state index in [1.807, 2.05) is 46.1 Å². The van der Waals surface area contributed by atoms with E-state index in [-0.39, 0.29) is 16.6 Å². The number of imidazole rings is 1. The zero-order valence-corrected chi connectivity index (χ0v) is 19.0. The van der Waals surface area contributed by atoms with Crippen molar-refractivity contribution in [2.24, 2.45) is 0 Å². The fourth-order valence-electron chi connectivity index (χ4n) is 2.87. The summed E-state index contributed by atoms with van der Waals surface area (Å²) in [5.74, 6) is -0.164. The Labute approximate surface area is 171 Å². The van der Waals surface area contributed by atoms with Gasteiger partial charge in [0, 0.05) is 19.6 Å². The zero-order valence-electron chi connectivity index (χ0n) is 17.4. The van der Waals surface area contributed by atoms with E-state index < -0.39 is 15.6 Å². The van der Waals surface area contributed by atoms with Gasteiger partial charge in [0.25, 0.3) is 0 Å². The summed E-state index contributed by atoms with van der Waals surface area (Å²) in [6, 6.07) is 5.00. The topological polar surface area (TPSA) is 81.5 Å². The largest absolute Gasteiger partial charge is 0.459 e. The van der Waals surface area contributed by atoms with E-state index in [9.17, 15) is 13.2 Å². The zero-order chi connectivity index (χ0) is 21.1. The van der Waals surface area contributed by atoms with Crippen molar-refractivity contribution in [3.63, 3.8) is 0 Å². The summed E-state index contributed by atoms with van der Waals surface area (Å²) in [6.07, 6.45) is 0. The van der Waals surface area contributed by atoms with Gasteiger partial charge in [-0.3, -0.25) is 4.79 Å². The van der Waals surface area contributed by atoms with Crippen LogP contribution in [0.3, 0.4) is 0 Å². The lowest BCUT2D eigenvalue weighted by molar-refractivity contribution is -0.151. The van der Waals surface area contributed by atoms with E-state index in [1.54, 1.807) is 18.2 Å². The molecule has 0 N–H and O–H groups in total. The van der Waals surface area contributed by atoms with Crippen molar-refractivity contribution in [1.82, 2.24) is 13.9 Å². The summed E-state index contributed by atoms with van der Waals surface area (Å²) in [4.78, 5) is 16.8. The van der Waals surface area contributed by atoms with Crippen molar-refractivity contribution in [2.45, 2.75) is 63.7 Å². The van der Waals surface area contributed by atoms with Gasteiger partial charge in [0.2, 0.25) is 10.0 Å². The molecule has 1 aromatic heterocycles. The first kappa shape index (κ1) is 22.7. The molecule has 0 aliphatic rings. The molecule has 0 bridgehead atoms. The lowest BCUT2D eigenvalue weighted by Gasteiger charge is -2.19. The Morgan fingerprint density at radius 1 is 1.21 bits per heavy atom. The van der Waals surface area contributed by atoms with Crippen LogP contribution >= 0.6 is 11.8 Å². The standard InChI is InChI=1S/C19H29N3O4S2/c1-7-21(8-2)28(24,25)14-10-11-16-15(12-14)20-18(22(16)9-3)27-13-17(23)26-19(4,5)6/h10-12H,7-9,13H2,1-6H3.